The Morgan fingerprint density at radius 3 is 2.48 bits per heavy atom. The first-order valence-electron chi connectivity index (χ1n) is 7.95. The topological polar surface area (TPSA) is 64.3 Å². The molecule has 0 aliphatic carbocycles. The van der Waals surface area contributed by atoms with E-state index in [1.165, 1.54) is 5.56 Å². The smallest absolute Gasteiger partial charge is 0.340 e. The zero-order valence-corrected chi connectivity index (χ0v) is 13.9. The van der Waals surface area contributed by atoms with Crippen LogP contribution in [0.3, 0.4) is 0 Å². The summed E-state index contributed by atoms with van der Waals surface area (Å²) in [6.07, 6.45) is 0.785. The van der Waals surface area contributed by atoms with E-state index in [9.17, 15) is 4.79 Å². The molecule has 0 amide bonds. The molecule has 0 spiro atoms. The highest BCUT2D eigenvalue weighted by atomic mass is 16.5. The van der Waals surface area contributed by atoms with Gasteiger partial charge in [0.15, 0.2) is 0 Å². The fourth-order valence-corrected chi connectivity index (χ4v) is 2.22. The highest BCUT2D eigenvalue weighted by molar-refractivity contribution is 5.97. The van der Waals surface area contributed by atoms with Gasteiger partial charge in [-0.1, -0.05) is 32.9 Å². The molecule has 4 heteroatoms. The SMILES string of the molecule is CCCOC(=O)c1cc(N)ccc1Nc1ccc(C(C)C)cc1. The molecular formula is C19H24N2O2. The van der Waals surface area contributed by atoms with Crippen molar-refractivity contribution >= 4 is 23.0 Å². The fraction of sp³-hybridized carbons (Fsp3) is 0.316. The van der Waals surface area contributed by atoms with Gasteiger partial charge in [0, 0.05) is 11.4 Å². The van der Waals surface area contributed by atoms with Crippen LogP contribution in [-0.2, 0) is 4.74 Å². The molecule has 0 aliphatic rings. The van der Waals surface area contributed by atoms with Crippen LogP contribution in [0.15, 0.2) is 42.5 Å². The van der Waals surface area contributed by atoms with Gasteiger partial charge in [0.05, 0.1) is 17.9 Å². The molecular weight excluding hydrogens is 288 g/mol. The van der Waals surface area contributed by atoms with Gasteiger partial charge in [-0.05, 0) is 48.2 Å². The van der Waals surface area contributed by atoms with Crippen LogP contribution in [0.1, 0.15) is 49.0 Å². The number of anilines is 3. The van der Waals surface area contributed by atoms with E-state index in [1.807, 2.05) is 19.1 Å². The molecule has 0 heterocycles. The molecule has 0 saturated carbocycles. The van der Waals surface area contributed by atoms with Crippen LogP contribution in [0, 0.1) is 0 Å². The maximum Gasteiger partial charge on any atom is 0.340 e. The molecule has 0 bridgehead atoms. The Morgan fingerprint density at radius 1 is 1.17 bits per heavy atom. The predicted octanol–water partition coefficient (Wildman–Crippen LogP) is 4.70. The van der Waals surface area contributed by atoms with Crippen molar-refractivity contribution in [2.24, 2.45) is 0 Å². The van der Waals surface area contributed by atoms with Crippen molar-refractivity contribution in [2.45, 2.75) is 33.1 Å². The van der Waals surface area contributed by atoms with E-state index in [-0.39, 0.29) is 5.97 Å². The van der Waals surface area contributed by atoms with Crippen LogP contribution >= 0.6 is 0 Å². The Balaban J connectivity index is 2.23. The number of nitrogens with one attached hydrogen (secondary N) is 1. The summed E-state index contributed by atoms with van der Waals surface area (Å²) in [5, 5.41) is 3.27. The van der Waals surface area contributed by atoms with Crippen LogP contribution in [-0.4, -0.2) is 12.6 Å². The Kier molecular flexibility index (Phi) is 5.63. The average Bonchev–Trinajstić information content (AvgIpc) is 2.54. The van der Waals surface area contributed by atoms with E-state index in [0.717, 1.165) is 12.1 Å². The second-order valence-corrected chi connectivity index (χ2v) is 5.84. The molecule has 2 aromatic carbocycles. The van der Waals surface area contributed by atoms with Gasteiger partial charge in [-0.15, -0.1) is 0 Å². The molecule has 0 aromatic heterocycles. The van der Waals surface area contributed by atoms with E-state index in [2.05, 4.69) is 31.3 Å². The van der Waals surface area contributed by atoms with Gasteiger partial charge in [0.2, 0.25) is 0 Å². The van der Waals surface area contributed by atoms with Crippen LogP contribution in [0.5, 0.6) is 0 Å². The number of rotatable bonds is 6. The molecule has 0 radical (unpaired) electrons. The number of esters is 1. The molecule has 23 heavy (non-hydrogen) atoms. The van der Waals surface area contributed by atoms with Crippen molar-refractivity contribution in [1.82, 2.24) is 0 Å². The molecule has 4 nitrogen and oxygen atoms in total. The van der Waals surface area contributed by atoms with Crippen molar-refractivity contribution < 1.29 is 9.53 Å². The lowest BCUT2D eigenvalue weighted by Crippen LogP contribution is -2.09. The van der Waals surface area contributed by atoms with Gasteiger partial charge in [-0.2, -0.15) is 0 Å². The number of nitrogens with two attached hydrogens (primary N) is 1. The number of hydrogen-bond donors (Lipinski definition) is 2. The van der Waals surface area contributed by atoms with Gasteiger partial charge in [-0.3, -0.25) is 0 Å². The quantitative estimate of drug-likeness (QED) is 0.599. The number of carbonyl (C=O) groups excluding carboxylic acids is 1. The third-order valence-electron chi connectivity index (χ3n) is 3.56. The van der Waals surface area contributed by atoms with Crippen molar-refractivity contribution in [1.29, 1.82) is 0 Å². The Morgan fingerprint density at radius 2 is 1.87 bits per heavy atom. The lowest BCUT2D eigenvalue weighted by Gasteiger charge is -2.13. The molecule has 3 N–H and O–H groups in total. The fourth-order valence-electron chi connectivity index (χ4n) is 2.22. The minimum atomic E-state index is -0.361. The molecule has 0 aliphatic heterocycles. The van der Waals surface area contributed by atoms with E-state index in [1.54, 1.807) is 18.2 Å². The first-order valence-corrected chi connectivity index (χ1v) is 7.95. The number of benzene rings is 2. The van der Waals surface area contributed by atoms with Crippen molar-refractivity contribution in [2.75, 3.05) is 17.7 Å². The highest BCUT2D eigenvalue weighted by Gasteiger charge is 2.13. The van der Waals surface area contributed by atoms with Crippen LogP contribution in [0.4, 0.5) is 17.1 Å². The summed E-state index contributed by atoms with van der Waals surface area (Å²) in [7, 11) is 0. The zero-order chi connectivity index (χ0) is 16.8. The largest absolute Gasteiger partial charge is 0.462 e. The molecule has 0 saturated heterocycles. The Hall–Kier alpha value is -2.49. The Labute approximate surface area is 137 Å². The zero-order valence-electron chi connectivity index (χ0n) is 13.9. The predicted molar refractivity (Wildman–Crippen MR) is 95.2 cm³/mol. The van der Waals surface area contributed by atoms with Crippen LogP contribution < -0.4 is 11.1 Å². The molecule has 0 unspecified atom stereocenters. The van der Waals surface area contributed by atoms with E-state index in [0.29, 0.717) is 29.5 Å². The summed E-state index contributed by atoms with van der Waals surface area (Å²) >= 11 is 0. The average molecular weight is 312 g/mol. The lowest BCUT2D eigenvalue weighted by atomic mass is 10.0. The first kappa shape index (κ1) is 16.9. The molecule has 0 fully saturated rings. The number of ether oxygens (including phenoxy) is 1. The minimum absolute atomic E-state index is 0.361. The second kappa shape index (κ2) is 7.68. The van der Waals surface area contributed by atoms with Gasteiger partial charge in [-0.25, -0.2) is 4.79 Å². The summed E-state index contributed by atoms with van der Waals surface area (Å²) < 4.78 is 5.23. The number of hydrogen-bond acceptors (Lipinski definition) is 4. The summed E-state index contributed by atoms with van der Waals surface area (Å²) in [4.78, 5) is 12.2. The third kappa shape index (κ3) is 4.49. The van der Waals surface area contributed by atoms with E-state index in [4.69, 9.17) is 10.5 Å². The lowest BCUT2D eigenvalue weighted by molar-refractivity contribution is 0.0506. The standard InChI is InChI=1S/C19H24N2O2/c1-4-11-23-19(22)17-12-15(20)7-10-18(17)21-16-8-5-14(6-9-16)13(2)3/h5-10,12-13,21H,4,11,20H2,1-3H3. The minimum Gasteiger partial charge on any atom is -0.462 e. The van der Waals surface area contributed by atoms with E-state index < -0.39 is 0 Å². The molecule has 122 valence electrons. The summed E-state index contributed by atoms with van der Waals surface area (Å²) in [6.45, 7) is 6.67. The molecule has 0 atom stereocenters. The van der Waals surface area contributed by atoms with Crippen LogP contribution in [0.25, 0.3) is 0 Å². The van der Waals surface area contributed by atoms with E-state index >= 15 is 0 Å². The van der Waals surface area contributed by atoms with Gasteiger partial charge in [0.1, 0.15) is 0 Å². The third-order valence-corrected chi connectivity index (χ3v) is 3.56. The summed E-state index contributed by atoms with van der Waals surface area (Å²) in [5.41, 5.74) is 9.68. The molecule has 2 aromatic rings. The number of nitrogen functional groups attached to an aromatic ring is 1. The van der Waals surface area contributed by atoms with Gasteiger partial charge >= 0.3 is 5.97 Å². The van der Waals surface area contributed by atoms with Crippen molar-refractivity contribution in [3.05, 3.63) is 53.6 Å². The molecule has 2 rings (SSSR count). The Bertz CT molecular complexity index is 664. The van der Waals surface area contributed by atoms with Crippen molar-refractivity contribution in [3.63, 3.8) is 0 Å². The van der Waals surface area contributed by atoms with Crippen LogP contribution in [0.2, 0.25) is 0 Å². The highest BCUT2D eigenvalue weighted by Crippen LogP contribution is 2.25. The number of carbonyl (C=O) groups is 1. The van der Waals surface area contributed by atoms with Gasteiger partial charge < -0.3 is 15.8 Å². The van der Waals surface area contributed by atoms with Crippen molar-refractivity contribution in [3.8, 4) is 0 Å². The summed E-state index contributed by atoms with van der Waals surface area (Å²) in [5.74, 6) is 0.126. The van der Waals surface area contributed by atoms with Gasteiger partial charge in [0.25, 0.3) is 0 Å². The maximum atomic E-state index is 12.2. The monoisotopic (exact) mass is 312 g/mol. The second-order valence-electron chi connectivity index (χ2n) is 5.84. The normalized spacial score (nSPS) is 10.6. The maximum absolute atomic E-state index is 12.2. The summed E-state index contributed by atoms with van der Waals surface area (Å²) in [6, 6.07) is 13.4. The first-order chi connectivity index (χ1) is 11.0.